The van der Waals surface area contributed by atoms with E-state index in [9.17, 15) is 9.59 Å². The summed E-state index contributed by atoms with van der Waals surface area (Å²) in [6.07, 6.45) is 2.21. The average molecular weight is 314 g/mol. The van der Waals surface area contributed by atoms with Crippen molar-refractivity contribution in [2.45, 2.75) is 19.8 Å². The SMILES string of the molecule is C[C@H]1CCCN(C(=O)COc2cc(=O)n(C)c3ccccc23)C1. The number of piperidine rings is 1. The van der Waals surface area contributed by atoms with E-state index < -0.39 is 0 Å². The van der Waals surface area contributed by atoms with Crippen LogP contribution in [0, 0.1) is 5.92 Å². The average Bonchev–Trinajstić information content (AvgIpc) is 2.56. The zero-order valence-corrected chi connectivity index (χ0v) is 13.6. The fourth-order valence-corrected chi connectivity index (χ4v) is 3.15. The molecule has 0 spiro atoms. The van der Waals surface area contributed by atoms with Gasteiger partial charge in [0.2, 0.25) is 0 Å². The molecule has 5 nitrogen and oxygen atoms in total. The third-order valence-corrected chi connectivity index (χ3v) is 4.48. The van der Waals surface area contributed by atoms with E-state index >= 15 is 0 Å². The van der Waals surface area contributed by atoms with Crippen LogP contribution in [0.1, 0.15) is 19.8 Å². The van der Waals surface area contributed by atoms with Crippen molar-refractivity contribution in [3.05, 3.63) is 40.7 Å². The van der Waals surface area contributed by atoms with Gasteiger partial charge in [0.25, 0.3) is 11.5 Å². The topological polar surface area (TPSA) is 51.5 Å². The molecule has 3 rings (SSSR count). The number of aryl methyl sites for hydroxylation is 1. The number of ether oxygens (including phenoxy) is 1. The first-order valence-corrected chi connectivity index (χ1v) is 8.05. The van der Waals surface area contributed by atoms with Crippen LogP contribution in [0.5, 0.6) is 5.75 Å². The molecule has 0 N–H and O–H groups in total. The maximum atomic E-state index is 12.3. The van der Waals surface area contributed by atoms with Crippen molar-refractivity contribution in [2.75, 3.05) is 19.7 Å². The highest BCUT2D eigenvalue weighted by molar-refractivity contribution is 5.86. The monoisotopic (exact) mass is 314 g/mol. The van der Waals surface area contributed by atoms with E-state index in [-0.39, 0.29) is 18.1 Å². The summed E-state index contributed by atoms with van der Waals surface area (Å²) in [7, 11) is 1.73. The Balaban J connectivity index is 1.78. The number of rotatable bonds is 3. The highest BCUT2D eigenvalue weighted by Gasteiger charge is 2.21. The van der Waals surface area contributed by atoms with Gasteiger partial charge in [0.15, 0.2) is 6.61 Å². The zero-order chi connectivity index (χ0) is 16.4. The Morgan fingerprint density at radius 1 is 1.35 bits per heavy atom. The van der Waals surface area contributed by atoms with E-state index in [1.54, 1.807) is 11.6 Å². The Morgan fingerprint density at radius 2 is 2.13 bits per heavy atom. The fraction of sp³-hybridized carbons (Fsp3) is 0.444. The van der Waals surface area contributed by atoms with Crippen LogP contribution in [0.25, 0.3) is 10.9 Å². The van der Waals surface area contributed by atoms with E-state index in [4.69, 9.17) is 4.74 Å². The molecule has 1 fully saturated rings. The summed E-state index contributed by atoms with van der Waals surface area (Å²) in [5, 5.41) is 0.842. The largest absolute Gasteiger partial charge is 0.483 e. The number of amides is 1. The van der Waals surface area contributed by atoms with Gasteiger partial charge in [-0.1, -0.05) is 19.1 Å². The molecule has 0 radical (unpaired) electrons. The minimum Gasteiger partial charge on any atom is -0.483 e. The van der Waals surface area contributed by atoms with Crippen LogP contribution in [0.3, 0.4) is 0 Å². The van der Waals surface area contributed by atoms with E-state index in [2.05, 4.69) is 6.92 Å². The van der Waals surface area contributed by atoms with Gasteiger partial charge in [0.05, 0.1) is 5.52 Å². The lowest BCUT2D eigenvalue weighted by Crippen LogP contribution is -2.41. The summed E-state index contributed by atoms with van der Waals surface area (Å²) in [6.45, 7) is 3.72. The number of hydrogen-bond donors (Lipinski definition) is 0. The summed E-state index contributed by atoms with van der Waals surface area (Å²) in [4.78, 5) is 26.2. The van der Waals surface area contributed by atoms with Gasteiger partial charge >= 0.3 is 0 Å². The zero-order valence-electron chi connectivity index (χ0n) is 13.6. The van der Waals surface area contributed by atoms with Crippen LogP contribution in [0.15, 0.2) is 35.1 Å². The lowest BCUT2D eigenvalue weighted by Gasteiger charge is -2.30. The molecule has 1 aliphatic heterocycles. The molecule has 23 heavy (non-hydrogen) atoms. The predicted molar refractivity (Wildman–Crippen MR) is 89.7 cm³/mol. The minimum atomic E-state index is -0.141. The number of carbonyl (C=O) groups is 1. The molecule has 2 aromatic rings. The Labute approximate surface area is 135 Å². The highest BCUT2D eigenvalue weighted by atomic mass is 16.5. The molecule has 5 heteroatoms. The second-order valence-electron chi connectivity index (χ2n) is 6.30. The number of nitrogens with zero attached hydrogens (tertiary/aromatic N) is 2. The van der Waals surface area contributed by atoms with Crippen LogP contribution >= 0.6 is 0 Å². The normalized spacial score (nSPS) is 18.2. The predicted octanol–water partition coefficient (Wildman–Crippen LogP) is 2.18. The Morgan fingerprint density at radius 3 is 2.91 bits per heavy atom. The standard InChI is InChI=1S/C18H22N2O3/c1-13-6-5-9-20(11-13)18(22)12-23-16-10-17(21)19(2)15-8-4-3-7-14(15)16/h3-4,7-8,10,13H,5-6,9,11-12H2,1-2H3/t13-/m0/s1. The number of para-hydroxylation sites is 1. The maximum absolute atomic E-state index is 12.3. The summed E-state index contributed by atoms with van der Waals surface area (Å²) in [6, 6.07) is 9.00. The second kappa shape index (κ2) is 6.44. The molecule has 1 aromatic heterocycles. The molecule has 1 atom stereocenters. The molecule has 2 heterocycles. The molecule has 1 amide bonds. The number of likely N-dealkylation sites (tertiary alicyclic amines) is 1. The first kappa shape index (κ1) is 15.6. The molecule has 0 bridgehead atoms. The number of benzene rings is 1. The molecule has 1 aliphatic rings. The van der Waals surface area contributed by atoms with Crippen molar-refractivity contribution in [3.63, 3.8) is 0 Å². The van der Waals surface area contributed by atoms with Crippen molar-refractivity contribution in [1.82, 2.24) is 9.47 Å². The molecule has 122 valence electrons. The number of pyridine rings is 1. The second-order valence-corrected chi connectivity index (χ2v) is 6.30. The van der Waals surface area contributed by atoms with Gasteiger partial charge in [-0.15, -0.1) is 0 Å². The van der Waals surface area contributed by atoms with Crippen LogP contribution in [0.2, 0.25) is 0 Å². The minimum absolute atomic E-state index is 0.0127. The quantitative estimate of drug-likeness (QED) is 0.872. The first-order valence-electron chi connectivity index (χ1n) is 8.05. The van der Waals surface area contributed by atoms with Crippen LogP contribution in [0.4, 0.5) is 0 Å². The van der Waals surface area contributed by atoms with Gasteiger partial charge in [0.1, 0.15) is 5.75 Å². The van der Waals surface area contributed by atoms with E-state index in [0.29, 0.717) is 11.7 Å². The van der Waals surface area contributed by atoms with Crippen molar-refractivity contribution >= 4 is 16.8 Å². The van der Waals surface area contributed by atoms with Crippen molar-refractivity contribution < 1.29 is 9.53 Å². The van der Waals surface area contributed by atoms with Crippen molar-refractivity contribution in [1.29, 1.82) is 0 Å². The summed E-state index contributed by atoms with van der Waals surface area (Å²) in [5.41, 5.74) is 0.659. The molecule has 0 aliphatic carbocycles. The Kier molecular flexibility index (Phi) is 4.37. The van der Waals surface area contributed by atoms with E-state index in [1.165, 1.54) is 12.5 Å². The third-order valence-electron chi connectivity index (χ3n) is 4.48. The molecule has 0 saturated carbocycles. The molecule has 1 saturated heterocycles. The number of carbonyl (C=O) groups excluding carboxylic acids is 1. The van der Waals surface area contributed by atoms with E-state index in [0.717, 1.165) is 30.4 Å². The van der Waals surface area contributed by atoms with Crippen LogP contribution in [-0.4, -0.2) is 35.1 Å². The lowest BCUT2D eigenvalue weighted by atomic mass is 10.0. The third kappa shape index (κ3) is 3.23. The van der Waals surface area contributed by atoms with Gasteiger partial charge in [-0.25, -0.2) is 0 Å². The molecule has 1 aromatic carbocycles. The number of fused-ring (bicyclic) bond motifs is 1. The first-order chi connectivity index (χ1) is 11.1. The Hall–Kier alpha value is -2.30. The van der Waals surface area contributed by atoms with Crippen molar-refractivity contribution in [2.24, 2.45) is 13.0 Å². The van der Waals surface area contributed by atoms with Gasteiger partial charge in [-0.3, -0.25) is 9.59 Å². The van der Waals surface area contributed by atoms with Gasteiger partial charge < -0.3 is 14.2 Å². The Bertz CT molecular complexity index is 781. The van der Waals surface area contributed by atoms with Crippen molar-refractivity contribution in [3.8, 4) is 5.75 Å². The van der Waals surface area contributed by atoms with Gasteiger partial charge in [0, 0.05) is 31.6 Å². The van der Waals surface area contributed by atoms with Crippen LogP contribution in [-0.2, 0) is 11.8 Å². The fourth-order valence-electron chi connectivity index (χ4n) is 3.15. The summed E-state index contributed by atoms with van der Waals surface area (Å²) < 4.78 is 7.28. The van der Waals surface area contributed by atoms with E-state index in [1.807, 2.05) is 29.2 Å². The molecule has 0 unspecified atom stereocenters. The smallest absolute Gasteiger partial charge is 0.260 e. The summed E-state index contributed by atoms with van der Waals surface area (Å²) in [5.74, 6) is 1.00. The maximum Gasteiger partial charge on any atom is 0.260 e. The number of hydrogen-bond acceptors (Lipinski definition) is 3. The van der Waals surface area contributed by atoms with Crippen LogP contribution < -0.4 is 10.3 Å². The summed E-state index contributed by atoms with van der Waals surface area (Å²) >= 11 is 0. The van der Waals surface area contributed by atoms with Gasteiger partial charge in [-0.05, 0) is 30.9 Å². The highest BCUT2D eigenvalue weighted by Crippen LogP contribution is 2.23. The molecular weight excluding hydrogens is 292 g/mol. The van der Waals surface area contributed by atoms with Gasteiger partial charge in [-0.2, -0.15) is 0 Å². The molecular formula is C18H22N2O3. The number of aromatic nitrogens is 1. The lowest BCUT2D eigenvalue weighted by molar-refractivity contribution is -0.135.